The monoisotopic (exact) mass is 253 g/mol. The zero-order chi connectivity index (χ0) is 13.5. The highest BCUT2D eigenvalue weighted by Gasteiger charge is 2.01. The van der Waals surface area contributed by atoms with Gasteiger partial charge in [0.25, 0.3) is 5.91 Å². The summed E-state index contributed by atoms with van der Waals surface area (Å²) < 4.78 is 13.3. The second-order valence-corrected chi connectivity index (χ2v) is 3.89. The highest BCUT2D eigenvalue weighted by atomic mass is 19.1. The van der Waals surface area contributed by atoms with E-state index >= 15 is 0 Å². The fourth-order valence-corrected chi connectivity index (χ4v) is 1.51. The second-order valence-electron chi connectivity index (χ2n) is 3.89. The first-order valence-corrected chi connectivity index (χ1v) is 5.84. The molecule has 2 rings (SSSR count). The lowest BCUT2D eigenvalue weighted by Crippen LogP contribution is -2.21. The molecule has 0 saturated carbocycles. The fraction of sp³-hybridized carbons (Fsp3) is 0.0625. The zero-order valence-corrected chi connectivity index (χ0v) is 10.2. The predicted octanol–water partition coefficient (Wildman–Crippen LogP) is 2.49. The van der Waals surface area contributed by atoms with Crippen molar-refractivity contribution in [1.82, 2.24) is 5.32 Å². The molecule has 0 aliphatic rings. The Labute approximate surface area is 111 Å². The maximum atomic E-state index is 13.3. The summed E-state index contributed by atoms with van der Waals surface area (Å²) in [5.41, 5.74) is 1.21. The lowest BCUT2D eigenvalue weighted by molar-refractivity contribution is -0.115. The summed E-state index contributed by atoms with van der Waals surface area (Å²) in [7, 11) is 0. The average molecular weight is 253 g/mol. The van der Waals surface area contributed by atoms with E-state index in [2.05, 4.69) is 17.2 Å². The van der Waals surface area contributed by atoms with Crippen molar-refractivity contribution in [2.45, 2.75) is 6.54 Å². The van der Waals surface area contributed by atoms with Crippen LogP contribution in [0.2, 0.25) is 0 Å². The van der Waals surface area contributed by atoms with Crippen LogP contribution in [0.15, 0.2) is 54.6 Å². The minimum Gasteiger partial charge on any atom is -0.341 e. The Morgan fingerprint density at radius 2 is 1.74 bits per heavy atom. The zero-order valence-electron chi connectivity index (χ0n) is 10.2. The van der Waals surface area contributed by atoms with Gasteiger partial charge in [-0.15, -0.1) is 0 Å². The second kappa shape index (κ2) is 6.36. The number of halogens is 1. The molecule has 0 aliphatic heterocycles. The smallest absolute Gasteiger partial charge is 0.296 e. The van der Waals surface area contributed by atoms with E-state index in [0.29, 0.717) is 5.56 Å². The molecule has 0 fully saturated rings. The van der Waals surface area contributed by atoms with Gasteiger partial charge in [0.1, 0.15) is 5.82 Å². The van der Waals surface area contributed by atoms with Gasteiger partial charge in [-0.2, -0.15) is 0 Å². The predicted molar refractivity (Wildman–Crippen MR) is 71.6 cm³/mol. The van der Waals surface area contributed by atoms with Gasteiger partial charge in [-0.05, 0) is 18.2 Å². The molecular weight excluding hydrogens is 241 g/mol. The van der Waals surface area contributed by atoms with Gasteiger partial charge in [-0.25, -0.2) is 4.39 Å². The number of carbonyl (C=O) groups is 1. The van der Waals surface area contributed by atoms with E-state index < -0.39 is 5.91 Å². The van der Waals surface area contributed by atoms with Crippen molar-refractivity contribution in [1.29, 1.82) is 0 Å². The summed E-state index contributed by atoms with van der Waals surface area (Å²) in [6.45, 7) is 0.134. The lowest BCUT2D eigenvalue weighted by atomic mass is 10.2. The van der Waals surface area contributed by atoms with E-state index in [1.54, 1.807) is 18.2 Å². The third kappa shape index (κ3) is 3.97. The molecule has 0 radical (unpaired) electrons. The molecule has 0 bridgehead atoms. The quantitative estimate of drug-likeness (QED) is 0.819. The van der Waals surface area contributed by atoms with E-state index in [-0.39, 0.29) is 12.4 Å². The summed E-state index contributed by atoms with van der Waals surface area (Å²) in [5.74, 6) is 4.45. The molecule has 1 amide bonds. The Kier molecular flexibility index (Phi) is 4.30. The number of carbonyl (C=O) groups excluding carboxylic acids is 1. The molecule has 2 aromatic rings. The Balaban J connectivity index is 1.93. The highest BCUT2D eigenvalue weighted by molar-refractivity contribution is 5.94. The van der Waals surface area contributed by atoms with Crippen molar-refractivity contribution in [2.24, 2.45) is 0 Å². The molecule has 0 unspecified atom stereocenters. The normalized spacial score (nSPS) is 9.32. The van der Waals surface area contributed by atoms with Crippen molar-refractivity contribution >= 4 is 5.91 Å². The molecule has 0 heterocycles. The molecule has 19 heavy (non-hydrogen) atoms. The summed E-state index contributed by atoms with van der Waals surface area (Å²) in [4.78, 5) is 11.5. The highest BCUT2D eigenvalue weighted by Crippen LogP contribution is 2.05. The third-order valence-corrected chi connectivity index (χ3v) is 2.49. The standard InChI is InChI=1S/C16H12FNO/c17-15-9-5-4-8-14(15)12-18-16(19)11-10-13-6-2-1-3-7-13/h1-9H,12H2,(H,18,19). The van der Waals surface area contributed by atoms with Crippen molar-refractivity contribution in [3.8, 4) is 11.8 Å². The van der Waals surface area contributed by atoms with Gasteiger partial charge in [0.2, 0.25) is 0 Å². The summed E-state index contributed by atoms with van der Waals surface area (Å²) in [6.07, 6.45) is 0. The Hall–Kier alpha value is -2.60. The van der Waals surface area contributed by atoms with E-state index in [0.717, 1.165) is 5.56 Å². The molecule has 0 saturated heterocycles. The molecule has 0 aromatic heterocycles. The molecule has 2 aromatic carbocycles. The number of rotatable bonds is 2. The first-order valence-electron chi connectivity index (χ1n) is 5.84. The topological polar surface area (TPSA) is 29.1 Å². The van der Waals surface area contributed by atoms with Gasteiger partial charge in [-0.1, -0.05) is 42.3 Å². The minimum absolute atomic E-state index is 0.134. The SMILES string of the molecule is O=C(C#Cc1ccccc1)NCc1ccccc1F. The Morgan fingerprint density at radius 3 is 2.47 bits per heavy atom. The van der Waals surface area contributed by atoms with Gasteiger partial charge >= 0.3 is 0 Å². The number of benzene rings is 2. The van der Waals surface area contributed by atoms with E-state index in [1.165, 1.54) is 6.07 Å². The van der Waals surface area contributed by atoms with E-state index in [1.807, 2.05) is 30.3 Å². The average Bonchev–Trinajstić information content (AvgIpc) is 2.45. The Morgan fingerprint density at radius 1 is 1.05 bits per heavy atom. The fourth-order valence-electron chi connectivity index (χ4n) is 1.51. The number of hydrogen-bond acceptors (Lipinski definition) is 1. The summed E-state index contributed by atoms with van der Waals surface area (Å²) >= 11 is 0. The van der Waals surface area contributed by atoms with Crippen LogP contribution in [-0.4, -0.2) is 5.91 Å². The minimum atomic E-state index is -0.424. The maximum Gasteiger partial charge on any atom is 0.296 e. The molecular formula is C16H12FNO. The first-order chi connectivity index (χ1) is 9.25. The number of hydrogen-bond donors (Lipinski definition) is 1. The molecule has 1 N–H and O–H groups in total. The van der Waals surface area contributed by atoms with Crippen LogP contribution in [0.25, 0.3) is 0 Å². The lowest BCUT2D eigenvalue weighted by Gasteiger charge is -2.02. The van der Waals surface area contributed by atoms with Gasteiger partial charge in [0, 0.05) is 23.6 Å². The molecule has 0 aliphatic carbocycles. The third-order valence-electron chi connectivity index (χ3n) is 2.49. The van der Waals surface area contributed by atoms with Crippen molar-refractivity contribution in [2.75, 3.05) is 0 Å². The van der Waals surface area contributed by atoms with Gasteiger partial charge in [0.05, 0.1) is 0 Å². The maximum absolute atomic E-state index is 13.3. The number of amides is 1. The number of nitrogens with one attached hydrogen (secondary N) is 1. The van der Waals surface area contributed by atoms with Gasteiger partial charge < -0.3 is 5.32 Å². The summed E-state index contributed by atoms with van der Waals surface area (Å²) in [5, 5.41) is 2.56. The molecule has 2 nitrogen and oxygen atoms in total. The van der Waals surface area contributed by atoms with Crippen LogP contribution < -0.4 is 5.32 Å². The van der Waals surface area contributed by atoms with Crippen LogP contribution in [-0.2, 0) is 11.3 Å². The molecule has 0 atom stereocenters. The van der Waals surface area contributed by atoms with E-state index in [9.17, 15) is 9.18 Å². The van der Waals surface area contributed by atoms with Crippen LogP contribution in [0.1, 0.15) is 11.1 Å². The van der Waals surface area contributed by atoms with Crippen molar-refractivity contribution in [3.63, 3.8) is 0 Å². The van der Waals surface area contributed by atoms with Crippen molar-refractivity contribution in [3.05, 3.63) is 71.5 Å². The van der Waals surface area contributed by atoms with Crippen LogP contribution in [0.3, 0.4) is 0 Å². The largest absolute Gasteiger partial charge is 0.341 e. The first kappa shape index (κ1) is 12.8. The van der Waals surface area contributed by atoms with Crippen molar-refractivity contribution < 1.29 is 9.18 Å². The van der Waals surface area contributed by atoms with Gasteiger partial charge in [-0.3, -0.25) is 4.79 Å². The Bertz CT molecular complexity index is 626. The van der Waals surface area contributed by atoms with Crippen LogP contribution in [0, 0.1) is 17.7 Å². The molecule has 0 spiro atoms. The summed E-state index contributed by atoms with van der Waals surface area (Å²) in [6, 6.07) is 15.5. The van der Waals surface area contributed by atoms with Gasteiger partial charge in [0.15, 0.2) is 0 Å². The van der Waals surface area contributed by atoms with Crippen LogP contribution >= 0.6 is 0 Å². The molecule has 94 valence electrons. The van der Waals surface area contributed by atoms with Crippen LogP contribution in [0.4, 0.5) is 4.39 Å². The van der Waals surface area contributed by atoms with Crippen LogP contribution in [0.5, 0.6) is 0 Å². The van der Waals surface area contributed by atoms with E-state index in [4.69, 9.17) is 0 Å². The molecule has 3 heteroatoms.